The maximum Gasteiger partial charge on any atom is 0.244 e. The van der Waals surface area contributed by atoms with Crippen LogP contribution in [-0.2, 0) is 9.53 Å². The van der Waals surface area contributed by atoms with Gasteiger partial charge >= 0.3 is 0 Å². The van der Waals surface area contributed by atoms with Gasteiger partial charge in [0.15, 0.2) is 0 Å². The van der Waals surface area contributed by atoms with Crippen LogP contribution in [0.2, 0.25) is 0 Å². The zero-order valence-electron chi connectivity index (χ0n) is 11.7. The van der Waals surface area contributed by atoms with Crippen molar-refractivity contribution in [3.63, 3.8) is 0 Å². The van der Waals surface area contributed by atoms with Crippen molar-refractivity contribution in [1.82, 2.24) is 4.90 Å². The van der Waals surface area contributed by atoms with E-state index in [-0.39, 0.29) is 11.9 Å². The van der Waals surface area contributed by atoms with Gasteiger partial charge in [-0.25, -0.2) is 0 Å². The van der Waals surface area contributed by atoms with Gasteiger partial charge in [-0.05, 0) is 19.1 Å². The van der Waals surface area contributed by atoms with Crippen LogP contribution in [0.4, 0.5) is 5.69 Å². The van der Waals surface area contributed by atoms with Crippen LogP contribution < -0.4 is 4.90 Å². The number of hydrogen-bond acceptors (Lipinski definition) is 4. The molecule has 108 valence electrons. The Kier molecular flexibility index (Phi) is 4.29. The molecule has 20 heavy (non-hydrogen) atoms. The van der Waals surface area contributed by atoms with E-state index in [1.165, 1.54) is 4.90 Å². The van der Waals surface area contributed by atoms with E-state index in [4.69, 9.17) is 4.74 Å². The number of anilines is 1. The fourth-order valence-corrected chi connectivity index (χ4v) is 3.74. The molecule has 0 spiro atoms. The normalized spacial score (nSPS) is 21.4. The first-order chi connectivity index (χ1) is 9.77. The van der Waals surface area contributed by atoms with Gasteiger partial charge in [-0.1, -0.05) is 12.1 Å². The molecule has 4 nitrogen and oxygen atoms in total. The van der Waals surface area contributed by atoms with Crippen LogP contribution in [-0.4, -0.2) is 55.4 Å². The Hall–Kier alpha value is -1.04. The molecule has 1 fully saturated rings. The quantitative estimate of drug-likeness (QED) is 0.833. The molecule has 3 rings (SSSR count). The van der Waals surface area contributed by atoms with Gasteiger partial charge in [0.2, 0.25) is 5.91 Å². The molecular weight excluding hydrogens is 272 g/mol. The molecule has 0 aliphatic carbocycles. The summed E-state index contributed by atoms with van der Waals surface area (Å²) in [4.78, 5) is 18.2. The molecule has 2 aliphatic rings. The van der Waals surface area contributed by atoms with Crippen LogP contribution in [0.25, 0.3) is 0 Å². The Balaban J connectivity index is 1.77. The van der Waals surface area contributed by atoms with Crippen LogP contribution in [0.5, 0.6) is 0 Å². The average molecular weight is 292 g/mol. The second-order valence-corrected chi connectivity index (χ2v) is 6.27. The highest BCUT2D eigenvalue weighted by atomic mass is 32.2. The highest BCUT2D eigenvalue weighted by molar-refractivity contribution is 7.99. The Morgan fingerprint density at radius 2 is 2.00 bits per heavy atom. The van der Waals surface area contributed by atoms with Crippen LogP contribution >= 0.6 is 11.8 Å². The summed E-state index contributed by atoms with van der Waals surface area (Å²) in [6, 6.07) is 8.11. The summed E-state index contributed by atoms with van der Waals surface area (Å²) in [5, 5.41) is 0. The van der Waals surface area contributed by atoms with Crippen LogP contribution in [0, 0.1) is 0 Å². The Morgan fingerprint density at radius 1 is 1.25 bits per heavy atom. The van der Waals surface area contributed by atoms with E-state index >= 15 is 0 Å². The second-order valence-electron chi connectivity index (χ2n) is 5.13. The number of para-hydroxylation sites is 1. The minimum atomic E-state index is -0.0740. The Morgan fingerprint density at radius 3 is 2.80 bits per heavy atom. The van der Waals surface area contributed by atoms with Gasteiger partial charge in [0, 0.05) is 30.3 Å². The van der Waals surface area contributed by atoms with E-state index in [1.807, 2.05) is 41.8 Å². The average Bonchev–Trinajstić information content (AvgIpc) is 2.54. The predicted molar refractivity (Wildman–Crippen MR) is 81.4 cm³/mol. The van der Waals surface area contributed by atoms with Crippen molar-refractivity contribution in [3.8, 4) is 0 Å². The van der Waals surface area contributed by atoms with Crippen LogP contribution in [0.1, 0.15) is 6.92 Å². The lowest BCUT2D eigenvalue weighted by molar-refractivity contribution is -0.124. The van der Waals surface area contributed by atoms with Gasteiger partial charge < -0.3 is 9.64 Å². The summed E-state index contributed by atoms with van der Waals surface area (Å²) in [5.41, 5.74) is 1.06. The lowest BCUT2D eigenvalue weighted by Gasteiger charge is -2.36. The number of ether oxygens (including phenoxy) is 1. The van der Waals surface area contributed by atoms with E-state index in [1.54, 1.807) is 0 Å². The van der Waals surface area contributed by atoms with E-state index in [0.717, 1.165) is 44.3 Å². The molecule has 1 atom stereocenters. The smallest absolute Gasteiger partial charge is 0.244 e. The number of carbonyl (C=O) groups is 1. The topological polar surface area (TPSA) is 32.8 Å². The fourth-order valence-electron chi connectivity index (χ4n) is 2.74. The van der Waals surface area contributed by atoms with Crippen molar-refractivity contribution in [1.29, 1.82) is 0 Å². The number of thioether (sulfide) groups is 1. The largest absolute Gasteiger partial charge is 0.379 e. The molecule has 5 heteroatoms. The van der Waals surface area contributed by atoms with Gasteiger partial charge in [0.05, 0.1) is 24.9 Å². The number of rotatable bonds is 2. The molecule has 2 heterocycles. The maximum atomic E-state index is 12.8. The minimum absolute atomic E-state index is 0.0740. The third-order valence-corrected chi connectivity index (χ3v) is 4.99. The molecular formula is C15H20N2O2S. The molecule has 0 bridgehead atoms. The summed E-state index contributed by atoms with van der Waals surface area (Å²) >= 11 is 1.83. The number of morpholine rings is 1. The molecule has 1 aromatic carbocycles. The van der Waals surface area contributed by atoms with E-state index in [0.29, 0.717) is 0 Å². The summed E-state index contributed by atoms with van der Waals surface area (Å²) < 4.78 is 5.36. The van der Waals surface area contributed by atoms with Crippen molar-refractivity contribution in [2.24, 2.45) is 0 Å². The summed E-state index contributed by atoms with van der Waals surface area (Å²) in [7, 11) is 0. The highest BCUT2D eigenvalue weighted by Crippen LogP contribution is 2.34. The van der Waals surface area contributed by atoms with Crippen molar-refractivity contribution < 1.29 is 9.53 Å². The summed E-state index contributed by atoms with van der Waals surface area (Å²) in [6.07, 6.45) is 0. The first kappa shape index (κ1) is 13.9. The van der Waals surface area contributed by atoms with Crippen LogP contribution in [0.3, 0.4) is 0 Å². The van der Waals surface area contributed by atoms with Crippen LogP contribution in [0.15, 0.2) is 29.2 Å². The zero-order chi connectivity index (χ0) is 13.9. The maximum absolute atomic E-state index is 12.8. The van der Waals surface area contributed by atoms with Crippen molar-refractivity contribution >= 4 is 23.4 Å². The number of benzene rings is 1. The second kappa shape index (κ2) is 6.16. The molecule has 0 radical (unpaired) electrons. The van der Waals surface area contributed by atoms with E-state index in [2.05, 4.69) is 11.0 Å². The molecule has 1 amide bonds. The molecule has 1 saturated heterocycles. The standard InChI is InChI=1S/C15H20N2O2S/c1-12(16-6-9-19-10-7-16)15(18)17-8-11-20-14-5-3-2-4-13(14)17/h2-5,12H,6-11H2,1H3. The molecule has 2 aliphatic heterocycles. The molecule has 0 N–H and O–H groups in total. The fraction of sp³-hybridized carbons (Fsp3) is 0.533. The van der Waals surface area contributed by atoms with Gasteiger partial charge in [0.25, 0.3) is 0 Å². The third kappa shape index (κ3) is 2.71. The first-order valence-electron chi connectivity index (χ1n) is 7.12. The molecule has 0 aromatic heterocycles. The lowest BCUT2D eigenvalue weighted by atomic mass is 10.2. The highest BCUT2D eigenvalue weighted by Gasteiger charge is 2.30. The Bertz CT molecular complexity index is 489. The van der Waals surface area contributed by atoms with Gasteiger partial charge in [-0.3, -0.25) is 9.69 Å². The summed E-state index contributed by atoms with van der Waals surface area (Å²) in [5.74, 6) is 1.18. The van der Waals surface area contributed by atoms with E-state index in [9.17, 15) is 4.79 Å². The first-order valence-corrected chi connectivity index (χ1v) is 8.11. The minimum Gasteiger partial charge on any atom is -0.379 e. The number of amides is 1. The van der Waals surface area contributed by atoms with Crippen molar-refractivity contribution in [3.05, 3.63) is 24.3 Å². The van der Waals surface area contributed by atoms with Gasteiger partial charge in [0.1, 0.15) is 0 Å². The molecule has 0 saturated carbocycles. The summed E-state index contributed by atoms with van der Waals surface area (Å²) in [6.45, 7) is 5.95. The van der Waals surface area contributed by atoms with Crippen molar-refractivity contribution in [2.45, 2.75) is 17.9 Å². The molecule has 1 aromatic rings. The van der Waals surface area contributed by atoms with Gasteiger partial charge in [-0.15, -0.1) is 11.8 Å². The van der Waals surface area contributed by atoms with Crippen molar-refractivity contribution in [2.75, 3.05) is 43.5 Å². The van der Waals surface area contributed by atoms with E-state index < -0.39 is 0 Å². The predicted octanol–water partition coefficient (Wildman–Crippen LogP) is 1.85. The van der Waals surface area contributed by atoms with Gasteiger partial charge in [-0.2, -0.15) is 0 Å². The number of nitrogens with zero attached hydrogens (tertiary/aromatic N) is 2. The third-order valence-electron chi connectivity index (χ3n) is 3.95. The lowest BCUT2D eigenvalue weighted by Crippen LogP contribution is -2.52. The number of carbonyl (C=O) groups excluding carboxylic acids is 1. The zero-order valence-corrected chi connectivity index (χ0v) is 12.6. The number of fused-ring (bicyclic) bond motifs is 1. The number of hydrogen-bond donors (Lipinski definition) is 0. The Labute approximate surface area is 124 Å². The molecule has 1 unspecified atom stereocenters. The SMILES string of the molecule is CC(C(=O)N1CCSc2ccccc21)N1CCOCC1. The monoisotopic (exact) mass is 292 g/mol.